The second-order valence-corrected chi connectivity index (χ2v) is 6.81. The number of hydrazone groups is 1. The molecule has 0 unspecified atom stereocenters. The van der Waals surface area contributed by atoms with E-state index in [0.29, 0.717) is 11.4 Å². The highest BCUT2D eigenvalue weighted by Crippen LogP contribution is 2.24. The number of benzene rings is 3. The molecule has 0 saturated carbocycles. The van der Waals surface area contributed by atoms with Crippen LogP contribution in [-0.2, 0) is 9.59 Å². The van der Waals surface area contributed by atoms with Gasteiger partial charge in [-0.25, -0.2) is 0 Å². The molecular formula is C23H20N6O2. The van der Waals surface area contributed by atoms with E-state index in [0.717, 1.165) is 11.4 Å². The molecule has 8 nitrogen and oxygen atoms in total. The lowest BCUT2D eigenvalue weighted by molar-refractivity contribution is -0.117. The van der Waals surface area contributed by atoms with Crippen LogP contribution in [-0.4, -0.2) is 23.7 Å². The van der Waals surface area contributed by atoms with Gasteiger partial charge in [-0.05, 0) is 48.5 Å². The second-order valence-electron chi connectivity index (χ2n) is 6.81. The molecule has 2 N–H and O–H groups in total. The molecule has 0 saturated heterocycles. The first-order chi connectivity index (χ1) is 15.1. The summed E-state index contributed by atoms with van der Waals surface area (Å²) in [5.41, 5.74) is 3.04. The average Bonchev–Trinajstić information content (AvgIpc) is 3.09. The van der Waals surface area contributed by atoms with E-state index in [4.69, 9.17) is 0 Å². The topological polar surface area (TPSA) is 98.5 Å². The molecule has 0 aromatic heterocycles. The van der Waals surface area contributed by atoms with E-state index in [2.05, 4.69) is 26.0 Å². The fourth-order valence-electron chi connectivity index (χ4n) is 3.00. The molecule has 0 aliphatic carbocycles. The molecule has 0 radical (unpaired) electrons. The first-order valence-corrected chi connectivity index (χ1v) is 9.68. The van der Waals surface area contributed by atoms with Gasteiger partial charge < -0.3 is 10.6 Å². The minimum absolute atomic E-state index is 0.146. The number of hydrogen-bond donors (Lipinski definition) is 2. The van der Waals surface area contributed by atoms with Crippen molar-refractivity contribution in [2.75, 3.05) is 10.3 Å². The third-order valence-corrected chi connectivity index (χ3v) is 4.43. The molecule has 4 rings (SSSR count). The standard InChI is InChI=1S/C23H20N6O2/c1-16(30)24-22-21(23(31)29(28-22)20-10-6-3-7-11-20)27-26-19-14-12-18(13-15-19)25-17-8-4-2-5-9-17/h2-15,21,25H,1H3,(H,24,28,30)/t21-/m0/s1. The smallest absolute Gasteiger partial charge is 0.282 e. The van der Waals surface area contributed by atoms with Gasteiger partial charge in [0.25, 0.3) is 5.91 Å². The normalized spacial score (nSPS) is 15.8. The number of carbonyl (C=O) groups is 2. The molecule has 8 heteroatoms. The van der Waals surface area contributed by atoms with Gasteiger partial charge in [-0.15, -0.1) is 5.10 Å². The minimum Gasteiger partial charge on any atom is -0.356 e. The highest BCUT2D eigenvalue weighted by Gasteiger charge is 2.37. The quantitative estimate of drug-likeness (QED) is 0.609. The Morgan fingerprint density at radius 3 is 2.16 bits per heavy atom. The Kier molecular flexibility index (Phi) is 5.79. The number of amidine groups is 1. The molecule has 2 amide bonds. The van der Waals surface area contributed by atoms with Crippen LogP contribution in [0.25, 0.3) is 0 Å². The summed E-state index contributed by atoms with van der Waals surface area (Å²) in [5, 5.41) is 19.7. The summed E-state index contributed by atoms with van der Waals surface area (Å²) in [7, 11) is 0. The number of para-hydroxylation sites is 2. The van der Waals surface area contributed by atoms with E-state index in [1.807, 2.05) is 48.5 Å². The number of anilines is 3. The number of carbonyl (C=O) groups excluding carboxylic acids is 2. The zero-order valence-corrected chi connectivity index (χ0v) is 16.8. The van der Waals surface area contributed by atoms with Gasteiger partial charge in [0.2, 0.25) is 11.9 Å². The van der Waals surface area contributed by atoms with E-state index in [1.54, 1.807) is 36.4 Å². The van der Waals surface area contributed by atoms with Crippen LogP contribution in [0.5, 0.6) is 0 Å². The fraction of sp³-hybridized carbons (Fsp3) is 0.0870. The van der Waals surface area contributed by atoms with Crippen LogP contribution in [0.3, 0.4) is 0 Å². The maximum Gasteiger partial charge on any atom is 0.282 e. The Labute approximate surface area is 179 Å². The zero-order chi connectivity index (χ0) is 21.6. The molecule has 154 valence electrons. The van der Waals surface area contributed by atoms with Crippen molar-refractivity contribution in [3.63, 3.8) is 0 Å². The third kappa shape index (κ3) is 4.81. The number of amides is 2. The van der Waals surface area contributed by atoms with Gasteiger partial charge in [0.15, 0.2) is 5.84 Å². The third-order valence-electron chi connectivity index (χ3n) is 4.43. The minimum atomic E-state index is -1.02. The van der Waals surface area contributed by atoms with E-state index in [9.17, 15) is 9.59 Å². The molecule has 1 aliphatic heterocycles. The SMILES string of the molecule is CC(=O)NC1=NN(c2ccccc2)C(=O)[C@H]1N=Nc1ccc(Nc2ccccc2)cc1. The first kappa shape index (κ1) is 20.0. The highest BCUT2D eigenvalue weighted by atomic mass is 16.2. The van der Waals surface area contributed by atoms with Crippen molar-refractivity contribution < 1.29 is 9.59 Å². The van der Waals surface area contributed by atoms with Crippen LogP contribution in [0.2, 0.25) is 0 Å². The lowest BCUT2D eigenvalue weighted by Gasteiger charge is -2.11. The predicted molar refractivity (Wildman–Crippen MR) is 120 cm³/mol. The Hall–Kier alpha value is -4.33. The van der Waals surface area contributed by atoms with Crippen LogP contribution in [0.1, 0.15) is 6.92 Å². The monoisotopic (exact) mass is 412 g/mol. The van der Waals surface area contributed by atoms with Crippen molar-refractivity contribution in [3.05, 3.63) is 84.9 Å². The molecule has 1 aliphatic rings. The maximum atomic E-state index is 12.9. The van der Waals surface area contributed by atoms with Crippen molar-refractivity contribution in [3.8, 4) is 0 Å². The summed E-state index contributed by atoms with van der Waals surface area (Å²) in [5.74, 6) is -0.577. The van der Waals surface area contributed by atoms with Gasteiger partial charge in [-0.1, -0.05) is 36.4 Å². The van der Waals surface area contributed by atoms with E-state index in [1.165, 1.54) is 11.9 Å². The summed E-state index contributed by atoms with van der Waals surface area (Å²) in [4.78, 5) is 24.4. The number of azo groups is 1. The van der Waals surface area contributed by atoms with E-state index >= 15 is 0 Å². The highest BCUT2D eigenvalue weighted by molar-refractivity contribution is 6.21. The molecule has 31 heavy (non-hydrogen) atoms. The predicted octanol–water partition coefficient (Wildman–Crippen LogP) is 4.38. The number of hydrogen-bond acceptors (Lipinski definition) is 6. The van der Waals surface area contributed by atoms with Crippen molar-refractivity contribution in [2.24, 2.45) is 15.3 Å². The van der Waals surface area contributed by atoms with Crippen LogP contribution >= 0.6 is 0 Å². The van der Waals surface area contributed by atoms with Gasteiger partial charge in [0.1, 0.15) is 0 Å². The van der Waals surface area contributed by atoms with Crippen LogP contribution in [0, 0.1) is 0 Å². The number of nitrogens with zero attached hydrogens (tertiary/aromatic N) is 4. The summed E-state index contributed by atoms with van der Waals surface area (Å²) in [6.07, 6.45) is 0. The van der Waals surface area contributed by atoms with Gasteiger partial charge in [0.05, 0.1) is 11.4 Å². The summed E-state index contributed by atoms with van der Waals surface area (Å²) in [6, 6.07) is 25.1. The Bertz CT molecular complexity index is 1130. The van der Waals surface area contributed by atoms with Gasteiger partial charge in [0, 0.05) is 18.3 Å². The van der Waals surface area contributed by atoms with Gasteiger partial charge in [-0.2, -0.15) is 15.2 Å². The van der Waals surface area contributed by atoms with Crippen LogP contribution < -0.4 is 15.6 Å². The molecule has 3 aromatic rings. The summed E-state index contributed by atoms with van der Waals surface area (Å²) in [6.45, 7) is 1.35. The van der Waals surface area contributed by atoms with Crippen molar-refractivity contribution in [1.82, 2.24) is 5.32 Å². The molecule has 0 bridgehead atoms. The Morgan fingerprint density at radius 1 is 0.903 bits per heavy atom. The number of nitrogens with one attached hydrogen (secondary N) is 2. The van der Waals surface area contributed by atoms with Crippen molar-refractivity contribution in [1.29, 1.82) is 0 Å². The lowest BCUT2D eigenvalue weighted by Crippen LogP contribution is -2.38. The Morgan fingerprint density at radius 2 is 1.52 bits per heavy atom. The maximum absolute atomic E-state index is 12.9. The van der Waals surface area contributed by atoms with Crippen LogP contribution in [0.4, 0.5) is 22.7 Å². The first-order valence-electron chi connectivity index (χ1n) is 9.68. The van der Waals surface area contributed by atoms with Crippen molar-refractivity contribution in [2.45, 2.75) is 13.0 Å². The van der Waals surface area contributed by atoms with Crippen molar-refractivity contribution >= 4 is 40.4 Å². The lowest BCUT2D eigenvalue weighted by atomic mass is 10.2. The summed E-state index contributed by atoms with van der Waals surface area (Å²) < 4.78 is 0. The fourth-order valence-corrected chi connectivity index (χ4v) is 3.00. The van der Waals surface area contributed by atoms with E-state index in [-0.39, 0.29) is 17.6 Å². The summed E-state index contributed by atoms with van der Waals surface area (Å²) >= 11 is 0. The average molecular weight is 412 g/mol. The van der Waals surface area contributed by atoms with Gasteiger partial charge in [-0.3, -0.25) is 9.59 Å². The molecule has 0 spiro atoms. The molecule has 1 heterocycles. The molecule has 0 fully saturated rings. The van der Waals surface area contributed by atoms with E-state index < -0.39 is 6.04 Å². The molecule has 1 atom stereocenters. The molecule has 3 aromatic carbocycles. The number of rotatable bonds is 5. The molecular weight excluding hydrogens is 392 g/mol. The second kappa shape index (κ2) is 9.00. The largest absolute Gasteiger partial charge is 0.356 e. The van der Waals surface area contributed by atoms with Crippen LogP contribution in [0.15, 0.2) is 100 Å². The van der Waals surface area contributed by atoms with Gasteiger partial charge >= 0.3 is 0 Å². The Balaban J connectivity index is 1.50. The zero-order valence-electron chi connectivity index (χ0n) is 16.8.